The number of aliphatic hydroxyl groups is 1. The fourth-order valence-corrected chi connectivity index (χ4v) is 2.55. The third kappa shape index (κ3) is 1.98. The van der Waals surface area contributed by atoms with Gasteiger partial charge in [0.2, 0.25) is 0 Å². The van der Waals surface area contributed by atoms with E-state index in [1.165, 1.54) is 0 Å². The van der Waals surface area contributed by atoms with Crippen molar-refractivity contribution >= 4 is 17.4 Å². The van der Waals surface area contributed by atoms with Crippen molar-refractivity contribution in [2.75, 3.05) is 18.0 Å². The highest BCUT2D eigenvalue weighted by Crippen LogP contribution is 2.29. The molecular formula is C13H14ClN3O. The second-order valence-electron chi connectivity index (χ2n) is 4.45. The SMILES string of the molecule is OC1CCN(c2ncn(-c3ccccc3)c2Cl)C1. The van der Waals surface area contributed by atoms with Gasteiger partial charge in [0.25, 0.3) is 0 Å². The number of β-amino-alcohol motifs (C(OH)–C–C–N with tert-alkyl or cyclic N) is 1. The van der Waals surface area contributed by atoms with Crippen LogP contribution in [-0.4, -0.2) is 33.9 Å². The normalized spacial score (nSPS) is 19.4. The van der Waals surface area contributed by atoms with Crippen LogP contribution in [0, 0.1) is 0 Å². The Morgan fingerprint density at radius 1 is 1.28 bits per heavy atom. The van der Waals surface area contributed by atoms with Crippen LogP contribution in [-0.2, 0) is 0 Å². The minimum Gasteiger partial charge on any atom is -0.391 e. The summed E-state index contributed by atoms with van der Waals surface area (Å²) in [6.07, 6.45) is 2.22. The maximum Gasteiger partial charge on any atom is 0.166 e. The first-order valence-electron chi connectivity index (χ1n) is 5.97. The van der Waals surface area contributed by atoms with Crippen LogP contribution in [0.3, 0.4) is 0 Å². The summed E-state index contributed by atoms with van der Waals surface area (Å²) in [4.78, 5) is 6.37. The Balaban J connectivity index is 1.93. The molecule has 4 nitrogen and oxygen atoms in total. The molecule has 2 aromatic rings. The van der Waals surface area contributed by atoms with Gasteiger partial charge in [-0.2, -0.15) is 0 Å². The fraction of sp³-hybridized carbons (Fsp3) is 0.308. The first kappa shape index (κ1) is 11.6. The van der Waals surface area contributed by atoms with Gasteiger partial charge in [0, 0.05) is 18.8 Å². The lowest BCUT2D eigenvalue weighted by Gasteiger charge is -2.15. The average molecular weight is 264 g/mol. The topological polar surface area (TPSA) is 41.3 Å². The van der Waals surface area contributed by atoms with E-state index in [4.69, 9.17) is 11.6 Å². The van der Waals surface area contributed by atoms with Gasteiger partial charge in [-0.25, -0.2) is 4.98 Å². The Morgan fingerprint density at radius 2 is 2.06 bits per heavy atom. The number of para-hydroxylation sites is 1. The molecule has 3 rings (SSSR count). The quantitative estimate of drug-likeness (QED) is 0.902. The molecule has 1 aliphatic heterocycles. The van der Waals surface area contributed by atoms with Crippen LogP contribution in [0.1, 0.15) is 6.42 Å². The second kappa shape index (κ2) is 4.63. The molecule has 1 aromatic carbocycles. The Labute approximate surface area is 110 Å². The number of nitrogens with zero attached hydrogens (tertiary/aromatic N) is 3. The van der Waals surface area contributed by atoms with E-state index in [9.17, 15) is 5.11 Å². The summed E-state index contributed by atoms with van der Waals surface area (Å²) in [5.41, 5.74) is 0.987. The lowest BCUT2D eigenvalue weighted by Crippen LogP contribution is -2.21. The van der Waals surface area contributed by atoms with Gasteiger partial charge >= 0.3 is 0 Å². The third-order valence-corrected chi connectivity index (χ3v) is 3.54. The predicted octanol–water partition coefficient (Wildman–Crippen LogP) is 2.10. The van der Waals surface area contributed by atoms with E-state index in [1.54, 1.807) is 6.33 Å². The van der Waals surface area contributed by atoms with E-state index in [1.807, 2.05) is 39.8 Å². The van der Waals surface area contributed by atoms with Gasteiger partial charge in [-0.05, 0) is 18.6 Å². The molecule has 1 atom stereocenters. The van der Waals surface area contributed by atoms with Crippen molar-refractivity contribution in [3.05, 3.63) is 41.8 Å². The summed E-state index contributed by atoms with van der Waals surface area (Å²) >= 11 is 6.36. The number of anilines is 1. The van der Waals surface area contributed by atoms with E-state index in [2.05, 4.69) is 4.98 Å². The molecule has 2 heterocycles. The number of benzene rings is 1. The van der Waals surface area contributed by atoms with Crippen LogP contribution >= 0.6 is 11.6 Å². The van der Waals surface area contributed by atoms with Crippen LogP contribution in [0.15, 0.2) is 36.7 Å². The van der Waals surface area contributed by atoms with Crippen LogP contribution in [0.5, 0.6) is 0 Å². The number of hydrogen-bond acceptors (Lipinski definition) is 3. The summed E-state index contributed by atoms with van der Waals surface area (Å²) in [5.74, 6) is 0.747. The molecule has 1 aliphatic rings. The number of halogens is 1. The van der Waals surface area contributed by atoms with Gasteiger partial charge in [0.15, 0.2) is 11.0 Å². The molecule has 1 unspecified atom stereocenters. The average Bonchev–Trinajstić information content (AvgIpc) is 2.97. The molecule has 1 saturated heterocycles. The molecule has 5 heteroatoms. The number of aliphatic hydroxyl groups excluding tert-OH is 1. The van der Waals surface area contributed by atoms with Gasteiger partial charge in [0.1, 0.15) is 6.33 Å². The summed E-state index contributed by atoms with van der Waals surface area (Å²) in [6.45, 7) is 1.40. The fourth-order valence-electron chi connectivity index (χ4n) is 2.24. The lowest BCUT2D eigenvalue weighted by atomic mass is 10.3. The minimum atomic E-state index is -0.275. The van der Waals surface area contributed by atoms with Gasteiger partial charge in [-0.3, -0.25) is 4.57 Å². The second-order valence-corrected chi connectivity index (χ2v) is 4.81. The molecule has 0 bridgehead atoms. The van der Waals surface area contributed by atoms with Gasteiger partial charge in [-0.15, -0.1) is 0 Å². The van der Waals surface area contributed by atoms with Gasteiger partial charge in [-0.1, -0.05) is 29.8 Å². The molecule has 0 spiro atoms. The molecule has 1 N–H and O–H groups in total. The predicted molar refractivity (Wildman–Crippen MR) is 71.4 cm³/mol. The van der Waals surface area contributed by atoms with E-state index in [-0.39, 0.29) is 6.10 Å². The molecule has 94 valence electrons. The zero-order chi connectivity index (χ0) is 12.5. The molecule has 0 aliphatic carbocycles. The number of imidazole rings is 1. The molecular weight excluding hydrogens is 250 g/mol. The maximum atomic E-state index is 9.56. The summed E-state index contributed by atoms with van der Waals surface area (Å²) in [5, 5.41) is 10.1. The molecule has 18 heavy (non-hydrogen) atoms. The zero-order valence-corrected chi connectivity index (χ0v) is 10.6. The van der Waals surface area contributed by atoms with Crippen molar-refractivity contribution in [3.8, 4) is 5.69 Å². The van der Waals surface area contributed by atoms with Crippen molar-refractivity contribution in [2.45, 2.75) is 12.5 Å². The van der Waals surface area contributed by atoms with Crippen molar-refractivity contribution in [1.29, 1.82) is 0 Å². The van der Waals surface area contributed by atoms with Crippen LogP contribution in [0.2, 0.25) is 5.15 Å². The Morgan fingerprint density at radius 3 is 2.72 bits per heavy atom. The van der Waals surface area contributed by atoms with Crippen molar-refractivity contribution in [3.63, 3.8) is 0 Å². The van der Waals surface area contributed by atoms with E-state index in [0.29, 0.717) is 11.7 Å². The number of hydrogen-bond donors (Lipinski definition) is 1. The first-order chi connectivity index (χ1) is 8.75. The third-order valence-electron chi connectivity index (χ3n) is 3.19. The Bertz CT molecular complexity index is 540. The molecule has 0 radical (unpaired) electrons. The molecule has 1 aromatic heterocycles. The van der Waals surface area contributed by atoms with Crippen molar-refractivity contribution in [1.82, 2.24) is 9.55 Å². The lowest BCUT2D eigenvalue weighted by molar-refractivity contribution is 0.198. The Kier molecular flexibility index (Phi) is 2.97. The maximum absolute atomic E-state index is 9.56. The largest absolute Gasteiger partial charge is 0.391 e. The summed E-state index contributed by atoms with van der Waals surface area (Å²) in [6, 6.07) is 9.86. The van der Waals surface area contributed by atoms with Crippen LogP contribution < -0.4 is 4.90 Å². The van der Waals surface area contributed by atoms with Gasteiger partial charge in [0.05, 0.1) is 6.10 Å². The van der Waals surface area contributed by atoms with E-state index < -0.39 is 0 Å². The molecule has 1 fully saturated rings. The van der Waals surface area contributed by atoms with E-state index in [0.717, 1.165) is 24.5 Å². The highest BCUT2D eigenvalue weighted by atomic mass is 35.5. The molecule has 0 amide bonds. The smallest absolute Gasteiger partial charge is 0.166 e. The number of rotatable bonds is 2. The first-order valence-corrected chi connectivity index (χ1v) is 6.35. The van der Waals surface area contributed by atoms with Crippen molar-refractivity contribution < 1.29 is 5.11 Å². The number of aromatic nitrogens is 2. The summed E-state index contributed by atoms with van der Waals surface area (Å²) < 4.78 is 1.85. The highest BCUT2D eigenvalue weighted by Gasteiger charge is 2.24. The summed E-state index contributed by atoms with van der Waals surface area (Å²) in [7, 11) is 0. The zero-order valence-electron chi connectivity index (χ0n) is 9.83. The van der Waals surface area contributed by atoms with E-state index >= 15 is 0 Å². The Hall–Kier alpha value is -1.52. The van der Waals surface area contributed by atoms with Crippen LogP contribution in [0.4, 0.5) is 5.82 Å². The monoisotopic (exact) mass is 263 g/mol. The van der Waals surface area contributed by atoms with Crippen molar-refractivity contribution in [2.24, 2.45) is 0 Å². The van der Waals surface area contributed by atoms with Gasteiger partial charge < -0.3 is 10.0 Å². The highest BCUT2D eigenvalue weighted by molar-refractivity contribution is 6.32. The van der Waals surface area contributed by atoms with Crippen LogP contribution in [0.25, 0.3) is 5.69 Å². The molecule has 0 saturated carbocycles. The minimum absolute atomic E-state index is 0.275. The standard InChI is InChI=1S/C13H14ClN3O/c14-12-13(16-7-6-11(18)8-16)15-9-17(12)10-4-2-1-3-5-10/h1-5,9,11,18H,6-8H2.